The summed E-state index contributed by atoms with van der Waals surface area (Å²) in [7, 11) is 0. The molecule has 0 amide bonds. The predicted molar refractivity (Wildman–Crippen MR) is 46.0 cm³/mol. The van der Waals surface area contributed by atoms with Crippen LogP contribution in [0.25, 0.3) is 0 Å². The molecule has 0 aliphatic carbocycles. The Hall–Kier alpha value is -1.13. The molecule has 0 spiro atoms. The summed E-state index contributed by atoms with van der Waals surface area (Å²) in [4.78, 5) is 10.4. The van der Waals surface area contributed by atoms with Crippen LogP contribution >= 0.6 is 11.6 Å². The van der Waals surface area contributed by atoms with Crippen LogP contribution in [-0.4, -0.2) is 11.1 Å². The van der Waals surface area contributed by atoms with E-state index in [1.165, 1.54) is 6.07 Å². The van der Waals surface area contributed by atoms with Gasteiger partial charge in [-0.1, -0.05) is 11.6 Å². The lowest BCUT2D eigenvalue weighted by molar-refractivity contribution is -0.138. The Labute approximate surface area is 78.9 Å². The van der Waals surface area contributed by atoms with Gasteiger partial charge in [0.1, 0.15) is 11.9 Å². The van der Waals surface area contributed by atoms with Crippen LogP contribution < -0.4 is 5.73 Å². The number of carbonyl (C=O) groups is 1. The first-order valence-electron chi connectivity index (χ1n) is 3.45. The largest absolute Gasteiger partial charge is 0.480 e. The molecule has 0 bridgehead atoms. The van der Waals surface area contributed by atoms with E-state index in [4.69, 9.17) is 22.4 Å². The molecule has 1 rings (SSSR count). The highest BCUT2D eigenvalue weighted by atomic mass is 35.5. The van der Waals surface area contributed by atoms with Crippen molar-refractivity contribution in [1.82, 2.24) is 0 Å². The molecule has 0 saturated carbocycles. The summed E-state index contributed by atoms with van der Waals surface area (Å²) < 4.78 is 12.7. The first kappa shape index (κ1) is 9.95. The van der Waals surface area contributed by atoms with Crippen LogP contribution in [0.5, 0.6) is 0 Å². The molecule has 1 atom stereocenters. The lowest BCUT2D eigenvalue weighted by Gasteiger charge is -2.06. The third kappa shape index (κ3) is 2.40. The van der Waals surface area contributed by atoms with Gasteiger partial charge in [-0.2, -0.15) is 0 Å². The second-order valence-electron chi connectivity index (χ2n) is 2.52. The fourth-order valence-corrected chi connectivity index (χ4v) is 1.13. The van der Waals surface area contributed by atoms with Gasteiger partial charge in [0.05, 0.1) is 0 Å². The molecule has 0 aliphatic rings. The molecule has 0 radical (unpaired) electrons. The van der Waals surface area contributed by atoms with Crippen molar-refractivity contribution in [3.8, 4) is 0 Å². The van der Waals surface area contributed by atoms with Crippen molar-refractivity contribution >= 4 is 17.6 Å². The number of benzene rings is 1. The molecule has 0 unspecified atom stereocenters. The molecule has 0 saturated heterocycles. The smallest absolute Gasteiger partial charge is 0.325 e. The summed E-state index contributed by atoms with van der Waals surface area (Å²) in [6, 6.07) is 2.21. The normalized spacial score (nSPS) is 12.5. The second-order valence-corrected chi connectivity index (χ2v) is 2.96. The monoisotopic (exact) mass is 203 g/mol. The van der Waals surface area contributed by atoms with Crippen LogP contribution in [0.1, 0.15) is 11.6 Å². The fourth-order valence-electron chi connectivity index (χ4n) is 0.897. The molecule has 1 aromatic rings. The summed E-state index contributed by atoms with van der Waals surface area (Å²) in [5, 5.41) is 8.66. The zero-order valence-electron chi connectivity index (χ0n) is 6.50. The van der Waals surface area contributed by atoms with Gasteiger partial charge in [-0.05, 0) is 23.8 Å². The topological polar surface area (TPSA) is 63.3 Å². The van der Waals surface area contributed by atoms with Crippen molar-refractivity contribution in [1.29, 1.82) is 0 Å². The van der Waals surface area contributed by atoms with Gasteiger partial charge in [-0.25, -0.2) is 4.39 Å². The third-order valence-corrected chi connectivity index (χ3v) is 1.73. The van der Waals surface area contributed by atoms with E-state index < -0.39 is 17.8 Å². The van der Waals surface area contributed by atoms with E-state index in [0.29, 0.717) is 0 Å². The lowest BCUT2D eigenvalue weighted by atomic mass is 10.1. The zero-order chi connectivity index (χ0) is 10.0. The summed E-state index contributed by atoms with van der Waals surface area (Å²) in [5.74, 6) is -1.82. The summed E-state index contributed by atoms with van der Waals surface area (Å²) >= 11 is 5.51. The molecule has 5 heteroatoms. The van der Waals surface area contributed by atoms with Gasteiger partial charge < -0.3 is 10.8 Å². The molecule has 70 valence electrons. The first-order chi connectivity index (χ1) is 6.00. The van der Waals surface area contributed by atoms with Gasteiger partial charge in [-0.3, -0.25) is 4.79 Å². The quantitative estimate of drug-likeness (QED) is 0.767. The minimum atomic E-state index is -1.24. The van der Waals surface area contributed by atoms with Crippen molar-refractivity contribution in [2.24, 2.45) is 5.73 Å². The van der Waals surface area contributed by atoms with E-state index in [1.54, 1.807) is 0 Å². The van der Waals surface area contributed by atoms with E-state index in [1.807, 2.05) is 0 Å². The molecular formula is C8H7ClFNO2. The van der Waals surface area contributed by atoms with Gasteiger partial charge >= 0.3 is 5.97 Å². The van der Waals surface area contributed by atoms with Gasteiger partial charge in [0.15, 0.2) is 0 Å². The van der Waals surface area contributed by atoms with Gasteiger partial charge in [0, 0.05) is 5.02 Å². The minimum absolute atomic E-state index is 0.131. The molecule has 1 aromatic carbocycles. The molecule has 3 N–H and O–H groups in total. The standard InChI is InChI=1S/C8H7ClFNO2/c9-5-1-4(2-6(10)3-5)7(11)8(12)13/h1-3,7H,11H2,(H,12,13)/t7-/m0/s1. The predicted octanol–water partition coefficient (Wildman–Crippen LogP) is 1.56. The molecule has 0 aromatic heterocycles. The average Bonchev–Trinajstić information content (AvgIpc) is 2.01. The minimum Gasteiger partial charge on any atom is -0.480 e. The van der Waals surface area contributed by atoms with Crippen molar-refractivity contribution in [2.75, 3.05) is 0 Å². The summed E-state index contributed by atoms with van der Waals surface area (Å²) in [6.07, 6.45) is 0. The van der Waals surface area contributed by atoms with E-state index in [0.717, 1.165) is 12.1 Å². The maximum Gasteiger partial charge on any atom is 0.325 e. The Morgan fingerprint density at radius 2 is 2.15 bits per heavy atom. The number of rotatable bonds is 2. The van der Waals surface area contributed by atoms with Gasteiger partial charge in [-0.15, -0.1) is 0 Å². The van der Waals surface area contributed by atoms with Crippen molar-refractivity contribution in [3.05, 3.63) is 34.6 Å². The van der Waals surface area contributed by atoms with E-state index >= 15 is 0 Å². The lowest BCUT2D eigenvalue weighted by Crippen LogP contribution is -2.20. The maximum atomic E-state index is 12.7. The van der Waals surface area contributed by atoms with E-state index in [9.17, 15) is 9.18 Å². The van der Waals surface area contributed by atoms with Crippen LogP contribution in [0.15, 0.2) is 18.2 Å². The van der Waals surface area contributed by atoms with E-state index in [2.05, 4.69) is 0 Å². The van der Waals surface area contributed by atoms with Crippen LogP contribution in [0.2, 0.25) is 5.02 Å². The fraction of sp³-hybridized carbons (Fsp3) is 0.125. The number of hydrogen-bond acceptors (Lipinski definition) is 2. The molecule has 0 aliphatic heterocycles. The number of halogens is 2. The highest BCUT2D eigenvalue weighted by Crippen LogP contribution is 2.18. The summed E-state index contributed by atoms with van der Waals surface area (Å²) in [5.41, 5.74) is 5.40. The second kappa shape index (κ2) is 3.72. The number of carboxylic acid groups (broad SMARTS) is 1. The average molecular weight is 204 g/mol. The van der Waals surface area contributed by atoms with Gasteiger partial charge in [0.25, 0.3) is 0 Å². The molecule has 3 nitrogen and oxygen atoms in total. The van der Waals surface area contributed by atoms with Crippen molar-refractivity contribution < 1.29 is 14.3 Å². The van der Waals surface area contributed by atoms with E-state index in [-0.39, 0.29) is 10.6 Å². The highest BCUT2D eigenvalue weighted by molar-refractivity contribution is 6.30. The number of nitrogens with two attached hydrogens (primary N) is 1. The van der Waals surface area contributed by atoms with Crippen molar-refractivity contribution in [2.45, 2.75) is 6.04 Å². The number of carboxylic acids is 1. The molecule has 0 fully saturated rings. The van der Waals surface area contributed by atoms with Crippen LogP contribution in [0.3, 0.4) is 0 Å². The third-order valence-electron chi connectivity index (χ3n) is 1.51. The SMILES string of the molecule is N[C@H](C(=O)O)c1cc(F)cc(Cl)c1. The number of hydrogen-bond donors (Lipinski definition) is 2. The summed E-state index contributed by atoms with van der Waals surface area (Å²) in [6.45, 7) is 0. The van der Waals surface area contributed by atoms with Gasteiger partial charge in [0.2, 0.25) is 0 Å². The molecule has 13 heavy (non-hydrogen) atoms. The molecule has 0 heterocycles. The number of aliphatic carboxylic acids is 1. The van der Waals surface area contributed by atoms with Crippen LogP contribution in [0, 0.1) is 5.82 Å². The highest BCUT2D eigenvalue weighted by Gasteiger charge is 2.15. The Morgan fingerprint density at radius 1 is 1.54 bits per heavy atom. The Bertz CT molecular complexity index is 323. The Kier molecular flexibility index (Phi) is 2.85. The Balaban J connectivity index is 3.07. The van der Waals surface area contributed by atoms with Crippen LogP contribution in [-0.2, 0) is 4.79 Å². The molecular weight excluding hydrogens is 197 g/mol. The maximum absolute atomic E-state index is 12.7. The first-order valence-corrected chi connectivity index (χ1v) is 3.83. The van der Waals surface area contributed by atoms with Crippen LogP contribution in [0.4, 0.5) is 4.39 Å². The van der Waals surface area contributed by atoms with Crippen molar-refractivity contribution in [3.63, 3.8) is 0 Å². The Morgan fingerprint density at radius 3 is 2.62 bits per heavy atom. The zero-order valence-corrected chi connectivity index (χ0v) is 7.25.